The van der Waals surface area contributed by atoms with Crippen molar-refractivity contribution in [2.45, 2.75) is 38.1 Å². The second kappa shape index (κ2) is 4.28. The topological polar surface area (TPSA) is 35.5 Å². The van der Waals surface area contributed by atoms with Crippen LogP contribution in [-0.2, 0) is 0 Å². The molecule has 2 atom stereocenters. The van der Waals surface area contributed by atoms with E-state index in [0.717, 1.165) is 12.0 Å². The summed E-state index contributed by atoms with van der Waals surface area (Å²) >= 11 is 0. The number of aliphatic hydroxyl groups excluding tert-OH is 1. The predicted molar refractivity (Wildman–Crippen MR) is 64.3 cm³/mol. The first-order valence-corrected chi connectivity index (χ1v) is 6.90. The van der Waals surface area contributed by atoms with Gasteiger partial charge in [0.25, 0.3) is 0 Å². The van der Waals surface area contributed by atoms with Gasteiger partial charge in [-0.2, -0.15) is 0 Å². The van der Waals surface area contributed by atoms with E-state index >= 15 is 0 Å². The number of likely N-dealkylation sites (tertiary alicyclic amines) is 1. The average Bonchev–Trinajstić information content (AvgIpc) is 2.86. The SMILES string of the molecule is OC[C@@]12CCC[C@@H]1CN(C1CCNCC1)C2. The molecule has 1 aliphatic carbocycles. The van der Waals surface area contributed by atoms with Gasteiger partial charge in [0.2, 0.25) is 0 Å². The minimum Gasteiger partial charge on any atom is -0.396 e. The lowest BCUT2D eigenvalue weighted by Crippen LogP contribution is -2.43. The van der Waals surface area contributed by atoms with Gasteiger partial charge in [-0.1, -0.05) is 6.42 Å². The summed E-state index contributed by atoms with van der Waals surface area (Å²) in [6.07, 6.45) is 6.55. The fourth-order valence-electron chi connectivity index (χ4n) is 4.16. The van der Waals surface area contributed by atoms with Crippen LogP contribution in [0.15, 0.2) is 0 Å². The molecule has 92 valence electrons. The van der Waals surface area contributed by atoms with Crippen LogP contribution in [0, 0.1) is 11.3 Å². The number of fused-ring (bicyclic) bond motifs is 1. The summed E-state index contributed by atoms with van der Waals surface area (Å²) in [4.78, 5) is 2.68. The van der Waals surface area contributed by atoms with Crippen molar-refractivity contribution < 1.29 is 5.11 Å². The number of hydrogen-bond donors (Lipinski definition) is 2. The lowest BCUT2D eigenvalue weighted by atomic mass is 9.82. The Balaban J connectivity index is 1.67. The smallest absolute Gasteiger partial charge is 0.0502 e. The number of piperidine rings is 1. The van der Waals surface area contributed by atoms with Gasteiger partial charge in [0.15, 0.2) is 0 Å². The van der Waals surface area contributed by atoms with Crippen molar-refractivity contribution >= 4 is 0 Å². The molecule has 0 spiro atoms. The van der Waals surface area contributed by atoms with Crippen LogP contribution in [0.5, 0.6) is 0 Å². The Kier molecular flexibility index (Phi) is 2.94. The maximum absolute atomic E-state index is 9.70. The number of hydrogen-bond acceptors (Lipinski definition) is 3. The minimum absolute atomic E-state index is 0.283. The van der Waals surface area contributed by atoms with E-state index in [1.54, 1.807) is 0 Å². The molecule has 2 N–H and O–H groups in total. The van der Waals surface area contributed by atoms with Gasteiger partial charge in [0.05, 0.1) is 6.61 Å². The highest BCUT2D eigenvalue weighted by atomic mass is 16.3. The third-order valence-corrected chi connectivity index (χ3v) is 5.21. The van der Waals surface area contributed by atoms with Gasteiger partial charge < -0.3 is 10.4 Å². The highest BCUT2D eigenvalue weighted by Gasteiger charge is 2.50. The first-order chi connectivity index (χ1) is 7.84. The van der Waals surface area contributed by atoms with Crippen LogP contribution in [-0.4, -0.2) is 48.8 Å². The molecule has 0 aromatic carbocycles. The summed E-state index contributed by atoms with van der Waals surface area (Å²) in [6, 6.07) is 0.787. The molecule has 2 heterocycles. The van der Waals surface area contributed by atoms with Crippen LogP contribution in [0.3, 0.4) is 0 Å². The molecule has 16 heavy (non-hydrogen) atoms. The van der Waals surface area contributed by atoms with Gasteiger partial charge in [-0.15, -0.1) is 0 Å². The van der Waals surface area contributed by atoms with E-state index < -0.39 is 0 Å². The standard InChI is InChI=1S/C13H24N2O/c16-10-13-5-1-2-11(13)8-15(9-13)12-3-6-14-7-4-12/h11-12,14,16H,1-10H2/t11-,13+/m1/s1. The summed E-state index contributed by atoms with van der Waals surface area (Å²) in [5.74, 6) is 0.785. The Morgan fingerprint density at radius 3 is 2.75 bits per heavy atom. The van der Waals surface area contributed by atoms with Gasteiger partial charge in [-0.3, -0.25) is 4.90 Å². The summed E-state index contributed by atoms with van der Waals surface area (Å²) in [5, 5.41) is 13.1. The zero-order chi connectivity index (χ0) is 11.0. The van der Waals surface area contributed by atoms with Crippen molar-refractivity contribution in [3.63, 3.8) is 0 Å². The molecule has 0 amide bonds. The van der Waals surface area contributed by atoms with E-state index in [4.69, 9.17) is 0 Å². The minimum atomic E-state index is 0.283. The summed E-state index contributed by atoms with van der Waals surface area (Å²) < 4.78 is 0. The van der Waals surface area contributed by atoms with Crippen molar-refractivity contribution in [2.75, 3.05) is 32.8 Å². The first-order valence-electron chi connectivity index (χ1n) is 6.90. The zero-order valence-electron chi connectivity index (χ0n) is 10.1. The molecule has 0 radical (unpaired) electrons. The fraction of sp³-hybridized carbons (Fsp3) is 1.00. The van der Waals surface area contributed by atoms with Gasteiger partial charge in [-0.05, 0) is 44.7 Å². The third-order valence-electron chi connectivity index (χ3n) is 5.21. The lowest BCUT2D eigenvalue weighted by molar-refractivity contribution is 0.101. The predicted octanol–water partition coefficient (Wildman–Crippen LogP) is 0.833. The molecule has 0 bridgehead atoms. The molecular formula is C13H24N2O. The van der Waals surface area contributed by atoms with Crippen LogP contribution in [0.4, 0.5) is 0 Å². The Morgan fingerprint density at radius 1 is 1.25 bits per heavy atom. The van der Waals surface area contributed by atoms with E-state index in [-0.39, 0.29) is 5.41 Å². The monoisotopic (exact) mass is 224 g/mol. The number of rotatable bonds is 2. The van der Waals surface area contributed by atoms with E-state index in [0.29, 0.717) is 6.61 Å². The Bertz CT molecular complexity index is 252. The van der Waals surface area contributed by atoms with Crippen LogP contribution in [0.25, 0.3) is 0 Å². The zero-order valence-corrected chi connectivity index (χ0v) is 10.1. The van der Waals surface area contributed by atoms with E-state index in [1.165, 1.54) is 58.3 Å². The van der Waals surface area contributed by atoms with Crippen LogP contribution in [0.2, 0.25) is 0 Å². The molecule has 3 fully saturated rings. The summed E-state index contributed by atoms with van der Waals surface area (Å²) in [7, 11) is 0. The number of aliphatic hydroxyl groups is 1. The van der Waals surface area contributed by atoms with Gasteiger partial charge in [0.1, 0.15) is 0 Å². The molecule has 3 rings (SSSR count). The van der Waals surface area contributed by atoms with Gasteiger partial charge in [0, 0.05) is 24.5 Å². The quantitative estimate of drug-likeness (QED) is 0.729. The Morgan fingerprint density at radius 2 is 2.06 bits per heavy atom. The fourth-order valence-corrected chi connectivity index (χ4v) is 4.16. The summed E-state index contributed by atoms with van der Waals surface area (Å²) in [6.45, 7) is 5.19. The number of nitrogens with zero attached hydrogens (tertiary/aromatic N) is 1. The number of nitrogens with one attached hydrogen (secondary N) is 1. The van der Waals surface area contributed by atoms with E-state index in [2.05, 4.69) is 10.2 Å². The van der Waals surface area contributed by atoms with E-state index in [1.807, 2.05) is 0 Å². The summed E-state index contributed by atoms with van der Waals surface area (Å²) in [5.41, 5.74) is 0.283. The Labute approximate surface area is 98.2 Å². The first kappa shape index (κ1) is 11.0. The normalized spacial score (nSPS) is 41.4. The molecule has 3 aliphatic rings. The van der Waals surface area contributed by atoms with Gasteiger partial charge >= 0.3 is 0 Å². The molecule has 1 saturated carbocycles. The molecular weight excluding hydrogens is 200 g/mol. The largest absolute Gasteiger partial charge is 0.396 e. The van der Waals surface area contributed by atoms with Crippen molar-refractivity contribution in [3.05, 3.63) is 0 Å². The van der Waals surface area contributed by atoms with Crippen LogP contribution in [0.1, 0.15) is 32.1 Å². The lowest BCUT2D eigenvalue weighted by Gasteiger charge is -2.33. The average molecular weight is 224 g/mol. The second-order valence-electron chi connectivity index (χ2n) is 6.02. The molecule has 0 unspecified atom stereocenters. The van der Waals surface area contributed by atoms with Crippen LogP contribution >= 0.6 is 0 Å². The highest BCUT2D eigenvalue weighted by Crippen LogP contribution is 2.49. The molecule has 2 aliphatic heterocycles. The van der Waals surface area contributed by atoms with Crippen molar-refractivity contribution in [2.24, 2.45) is 11.3 Å². The Hall–Kier alpha value is -0.120. The maximum atomic E-state index is 9.70. The van der Waals surface area contributed by atoms with Gasteiger partial charge in [-0.25, -0.2) is 0 Å². The van der Waals surface area contributed by atoms with E-state index in [9.17, 15) is 5.11 Å². The molecule has 0 aromatic heterocycles. The molecule has 3 nitrogen and oxygen atoms in total. The maximum Gasteiger partial charge on any atom is 0.0502 e. The van der Waals surface area contributed by atoms with Crippen molar-refractivity contribution in [1.29, 1.82) is 0 Å². The third kappa shape index (κ3) is 1.69. The molecule has 0 aromatic rings. The molecule has 3 heteroatoms. The second-order valence-corrected chi connectivity index (χ2v) is 6.02. The van der Waals surface area contributed by atoms with Crippen LogP contribution < -0.4 is 5.32 Å². The highest BCUT2D eigenvalue weighted by molar-refractivity contribution is 5.02. The molecule has 2 saturated heterocycles. The van der Waals surface area contributed by atoms with Crippen molar-refractivity contribution in [3.8, 4) is 0 Å². The van der Waals surface area contributed by atoms with Crippen molar-refractivity contribution in [1.82, 2.24) is 10.2 Å².